The first-order chi connectivity index (χ1) is 5.99. The van der Waals surface area contributed by atoms with E-state index in [1.165, 1.54) is 6.92 Å². The molecule has 0 aromatic heterocycles. The van der Waals surface area contributed by atoms with Gasteiger partial charge in [0, 0.05) is 11.7 Å². The van der Waals surface area contributed by atoms with Gasteiger partial charge in [-0.25, -0.2) is 0 Å². The number of thioether (sulfide) groups is 1. The van der Waals surface area contributed by atoms with Crippen molar-refractivity contribution in [1.29, 1.82) is 0 Å². The highest BCUT2D eigenvalue weighted by Crippen LogP contribution is 2.04. The average molecular weight is 205 g/mol. The Morgan fingerprint density at radius 3 is 2.38 bits per heavy atom. The first kappa shape index (κ1) is 12.3. The van der Waals surface area contributed by atoms with Crippen molar-refractivity contribution in [2.75, 3.05) is 12.0 Å². The topological polar surface area (TPSA) is 66.4 Å². The number of carboxylic acid groups (broad SMARTS) is 1. The number of amides is 1. The summed E-state index contributed by atoms with van der Waals surface area (Å²) in [7, 11) is 0. The smallest absolute Gasteiger partial charge is 0.325 e. The molecular weight excluding hydrogens is 190 g/mol. The van der Waals surface area contributed by atoms with Crippen LogP contribution in [0.25, 0.3) is 0 Å². The fourth-order valence-electron chi connectivity index (χ4n) is 0.743. The van der Waals surface area contributed by atoms with E-state index in [-0.39, 0.29) is 11.8 Å². The quantitative estimate of drug-likeness (QED) is 0.689. The van der Waals surface area contributed by atoms with Gasteiger partial charge in [0.05, 0.1) is 0 Å². The summed E-state index contributed by atoms with van der Waals surface area (Å²) in [6, 6.07) is -0.809. The monoisotopic (exact) mass is 205 g/mol. The van der Waals surface area contributed by atoms with Crippen LogP contribution in [0.1, 0.15) is 13.8 Å². The van der Waals surface area contributed by atoms with Gasteiger partial charge in [0.2, 0.25) is 5.91 Å². The van der Waals surface area contributed by atoms with Gasteiger partial charge >= 0.3 is 5.97 Å². The van der Waals surface area contributed by atoms with Crippen molar-refractivity contribution < 1.29 is 14.7 Å². The number of nitrogens with one attached hydrogen (secondary N) is 1. The van der Waals surface area contributed by atoms with Crippen LogP contribution >= 0.6 is 11.8 Å². The molecule has 4 nitrogen and oxygen atoms in total. The maximum Gasteiger partial charge on any atom is 0.325 e. The fourth-order valence-corrected chi connectivity index (χ4v) is 1.39. The number of carboxylic acids is 1. The molecule has 0 rings (SSSR count). The first-order valence-corrected chi connectivity index (χ1v) is 5.40. The normalized spacial score (nSPS) is 14.7. The predicted molar refractivity (Wildman–Crippen MR) is 52.8 cm³/mol. The van der Waals surface area contributed by atoms with Crippen LogP contribution in [0.15, 0.2) is 0 Å². The van der Waals surface area contributed by atoms with Crippen LogP contribution in [0.5, 0.6) is 0 Å². The van der Waals surface area contributed by atoms with Gasteiger partial charge in [-0.1, -0.05) is 6.92 Å². The summed E-state index contributed by atoms with van der Waals surface area (Å²) in [4.78, 5) is 21.7. The number of hydrogen-bond acceptors (Lipinski definition) is 3. The molecule has 0 heterocycles. The van der Waals surface area contributed by atoms with Crippen molar-refractivity contribution >= 4 is 23.6 Å². The van der Waals surface area contributed by atoms with Crippen LogP contribution in [0, 0.1) is 5.92 Å². The summed E-state index contributed by atoms with van der Waals surface area (Å²) in [6.07, 6.45) is 1.91. The number of carbonyl (C=O) groups is 2. The molecule has 13 heavy (non-hydrogen) atoms. The third kappa shape index (κ3) is 4.77. The second-order valence-electron chi connectivity index (χ2n) is 2.92. The maximum absolute atomic E-state index is 11.3. The van der Waals surface area contributed by atoms with Crippen LogP contribution in [0.3, 0.4) is 0 Å². The summed E-state index contributed by atoms with van der Waals surface area (Å²) in [5, 5.41) is 10.9. The summed E-state index contributed by atoms with van der Waals surface area (Å²) >= 11 is 1.57. The molecule has 2 unspecified atom stereocenters. The minimum Gasteiger partial charge on any atom is -0.480 e. The third-order valence-electron chi connectivity index (χ3n) is 1.59. The lowest BCUT2D eigenvalue weighted by molar-refractivity contribution is -0.141. The highest BCUT2D eigenvalue weighted by Gasteiger charge is 2.18. The molecule has 0 saturated carbocycles. The first-order valence-electron chi connectivity index (χ1n) is 4.01. The zero-order valence-electron chi connectivity index (χ0n) is 8.03. The fraction of sp³-hybridized carbons (Fsp3) is 0.750. The highest BCUT2D eigenvalue weighted by molar-refractivity contribution is 7.98. The van der Waals surface area contributed by atoms with E-state index in [0.29, 0.717) is 5.75 Å². The summed E-state index contributed by atoms with van der Waals surface area (Å²) in [5.74, 6) is -0.649. The molecule has 5 heteroatoms. The van der Waals surface area contributed by atoms with Crippen LogP contribution < -0.4 is 5.32 Å². The van der Waals surface area contributed by atoms with Gasteiger partial charge < -0.3 is 10.4 Å². The third-order valence-corrected chi connectivity index (χ3v) is 2.43. The summed E-state index contributed by atoms with van der Waals surface area (Å²) in [6.45, 7) is 3.23. The molecule has 2 N–H and O–H groups in total. The van der Waals surface area contributed by atoms with Gasteiger partial charge in [0.25, 0.3) is 0 Å². The minimum atomic E-state index is -1.01. The second kappa shape index (κ2) is 5.85. The van der Waals surface area contributed by atoms with E-state index in [0.717, 1.165) is 0 Å². The molecule has 2 atom stereocenters. The molecule has 0 aromatic carbocycles. The molecule has 0 spiro atoms. The Bertz CT molecular complexity index is 196. The van der Waals surface area contributed by atoms with Crippen molar-refractivity contribution in [2.24, 2.45) is 5.92 Å². The van der Waals surface area contributed by atoms with Crippen LogP contribution in [0.2, 0.25) is 0 Å². The Kier molecular flexibility index (Phi) is 5.53. The highest BCUT2D eigenvalue weighted by atomic mass is 32.2. The van der Waals surface area contributed by atoms with Gasteiger partial charge in [-0.3, -0.25) is 9.59 Å². The number of rotatable bonds is 5. The molecule has 0 bridgehead atoms. The number of carbonyl (C=O) groups excluding carboxylic acids is 1. The molecular formula is C8H15NO3S. The van der Waals surface area contributed by atoms with E-state index >= 15 is 0 Å². The maximum atomic E-state index is 11.3. The van der Waals surface area contributed by atoms with Gasteiger partial charge in [-0.15, -0.1) is 0 Å². The van der Waals surface area contributed by atoms with Crippen molar-refractivity contribution in [3.8, 4) is 0 Å². The second-order valence-corrected chi connectivity index (χ2v) is 3.84. The average Bonchev–Trinajstić information content (AvgIpc) is 2.04. The zero-order valence-corrected chi connectivity index (χ0v) is 8.85. The Labute approximate surface area is 82.1 Å². The van der Waals surface area contributed by atoms with Crippen molar-refractivity contribution in [1.82, 2.24) is 5.32 Å². The van der Waals surface area contributed by atoms with Gasteiger partial charge in [-0.2, -0.15) is 11.8 Å². The van der Waals surface area contributed by atoms with E-state index in [1.54, 1.807) is 18.7 Å². The number of aliphatic carboxylic acids is 1. The predicted octanol–water partition coefficient (Wildman–Crippen LogP) is 0.575. The van der Waals surface area contributed by atoms with E-state index in [4.69, 9.17) is 5.11 Å². The Hall–Kier alpha value is -0.710. The molecule has 76 valence electrons. The van der Waals surface area contributed by atoms with E-state index in [1.807, 2.05) is 6.26 Å². The largest absolute Gasteiger partial charge is 0.480 e. The van der Waals surface area contributed by atoms with Crippen molar-refractivity contribution in [3.63, 3.8) is 0 Å². The van der Waals surface area contributed by atoms with Crippen LogP contribution in [-0.2, 0) is 9.59 Å². The van der Waals surface area contributed by atoms with Gasteiger partial charge in [0.15, 0.2) is 0 Å². The zero-order chi connectivity index (χ0) is 10.4. The molecule has 1 amide bonds. The van der Waals surface area contributed by atoms with Gasteiger partial charge in [0.1, 0.15) is 6.04 Å². The van der Waals surface area contributed by atoms with Crippen molar-refractivity contribution in [2.45, 2.75) is 19.9 Å². The number of hydrogen-bond donors (Lipinski definition) is 2. The van der Waals surface area contributed by atoms with Gasteiger partial charge in [-0.05, 0) is 13.2 Å². The molecule has 0 aliphatic heterocycles. The summed E-state index contributed by atoms with van der Waals surface area (Å²) < 4.78 is 0. The standard InChI is InChI=1S/C8H15NO3S/c1-5(4-13-3)7(10)9-6(2)8(11)12/h5-6H,4H2,1-3H3,(H,9,10)(H,11,12). The van der Waals surface area contributed by atoms with Crippen LogP contribution in [0.4, 0.5) is 0 Å². The van der Waals surface area contributed by atoms with Crippen LogP contribution in [-0.4, -0.2) is 35.0 Å². The minimum absolute atomic E-state index is 0.142. The van der Waals surface area contributed by atoms with Crippen molar-refractivity contribution in [3.05, 3.63) is 0 Å². The molecule has 0 radical (unpaired) electrons. The summed E-state index contributed by atoms with van der Waals surface area (Å²) in [5.41, 5.74) is 0. The van der Waals surface area contributed by atoms with E-state index in [2.05, 4.69) is 5.32 Å². The molecule has 0 saturated heterocycles. The lowest BCUT2D eigenvalue weighted by Gasteiger charge is -2.13. The lowest BCUT2D eigenvalue weighted by atomic mass is 10.2. The SMILES string of the molecule is CSCC(C)C(=O)NC(C)C(=O)O. The van der Waals surface area contributed by atoms with E-state index in [9.17, 15) is 9.59 Å². The molecule has 0 aromatic rings. The van der Waals surface area contributed by atoms with E-state index < -0.39 is 12.0 Å². The molecule has 0 aliphatic carbocycles. The molecule has 0 aliphatic rings. The Morgan fingerprint density at radius 2 is 2.00 bits per heavy atom. The Morgan fingerprint density at radius 1 is 1.46 bits per heavy atom. The molecule has 0 fully saturated rings. The Balaban J connectivity index is 3.92. The lowest BCUT2D eigenvalue weighted by Crippen LogP contribution is -2.41.